The molecule has 0 spiro atoms. The number of anilines is 1. The third kappa shape index (κ3) is 6.98. The van der Waals surface area contributed by atoms with Crippen LogP contribution in [0.5, 0.6) is 0 Å². The van der Waals surface area contributed by atoms with Gasteiger partial charge in [0.1, 0.15) is 22.7 Å². The van der Waals surface area contributed by atoms with Gasteiger partial charge in [-0.1, -0.05) is 5.16 Å². The monoisotopic (exact) mass is 606 g/mol. The fourth-order valence-corrected chi connectivity index (χ4v) is 5.81. The van der Waals surface area contributed by atoms with Gasteiger partial charge < -0.3 is 30.8 Å². The molecule has 218 valence electrons. The smallest absolute Gasteiger partial charge is 0.352 e. The molecule has 0 radical (unpaired) electrons. The highest BCUT2D eigenvalue weighted by Gasteiger charge is 2.55. The normalized spacial score (nSPS) is 18.9. The first-order chi connectivity index (χ1) is 19.4. The predicted octanol–water partition coefficient (Wildman–Crippen LogP) is -0.599. The standard InChI is InChI=1S/C24H27N7O8S2/c1-24(2,3)39-14(33)10-38-28-15(18-27-23(25)41-29-18)19(34)26-16-20(35)31-17(22(36)37)13(11-40-21(16)31)8-30-6-4-5-12(7-30)9-32/h4-7,16,21,32H,8-11H2,1-3H3,(H3-,25,26,27,29,34,36,37)/p+1/t16?,21-/m1/s1. The van der Waals surface area contributed by atoms with Gasteiger partial charge in [0.15, 0.2) is 24.1 Å². The van der Waals surface area contributed by atoms with Gasteiger partial charge in [-0.05, 0) is 26.8 Å². The van der Waals surface area contributed by atoms with Gasteiger partial charge in [0, 0.05) is 34.5 Å². The van der Waals surface area contributed by atoms with E-state index in [1.165, 1.54) is 11.8 Å². The lowest BCUT2D eigenvalue weighted by Crippen LogP contribution is -2.71. The number of aliphatic hydroxyl groups is 1. The second-order valence-electron chi connectivity index (χ2n) is 9.92. The number of aliphatic hydroxyl groups excluding tert-OH is 1. The highest BCUT2D eigenvalue weighted by Crippen LogP contribution is 2.40. The second kappa shape index (κ2) is 12.2. The Labute approximate surface area is 242 Å². The second-order valence-corrected chi connectivity index (χ2v) is 11.8. The molecule has 0 saturated carbocycles. The molecule has 17 heteroatoms. The summed E-state index contributed by atoms with van der Waals surface area (Å²) in [6.07, 6.45) is 3.42. The van der Waals surface area contributed by atoms with Crippen molar-refractivity contribution in [2.75, 3.05) is 18.1 Å². The number of nitrogens with one attached hydrogen (secondary N) is 1. The molecule has 2 aliphatic heterocycles. The highest BCUT2D eigenvalue weighted by molar-refractivity contribution is 8.00. The van der Waals surface area contributed by atoms with Crippen LogP contribution in [0.15, 0.2) is 41.0 Å². The maximum Gasteiger partial charge on any atom is 0.352 e. The number of nitrogens with two attached hydrogens (primary N) is 1. The van der Waals surface area contributed by atoms with Crippen molar-refractivity contribution in [3.8, 4) is 0 Å². The fourth-order valence-electron chi connectivity index (χ4n) is 4.04. The summed E-state index contributed by atoms with van der Waals surface area (Å²) < 4.78 is 10.8. The Balaban J connectivity index is 1.49. The first kappa shape index (κ1) is 29.9. The number of ether oxygens (including phenoxy) is 1. The Morgan fingerprint density at radius 2 is 2.10 bits per heavy atom. The van der Waals surface area contributed by atoms with Crippen molar-refractivity contribution in [2.24, 2.45) is 5.16 Å². The molecule has 2 atom stereocenters. The van der Waals surface area contributed by atoms with E-state index in [1.54, 1.807) is 49.9 Å². The van der Waals surface area contributed by atoms with E-state index in [1.807, 2.05) is 0 Å². The summed E-state index contributed by atoms with van der Waals surface area (Å²) in [5, 5.41) is 25.0. The van der Waals surface area contributed by atoms with Crippen molar-refractivity contribution in [3.05, 3.63) is 47.2 Å². The van der Waals surface area contributed by atoms with Gasteiger partial charge in [0.05, 0.1) is 6.61 Å². The molecule has 4 rings (SSSR count). The molecule has 1 unspecified atom stereocenters. The van der Waals surface area contributed by atoms with E-state index in [0.29, 0.717) is 11.1 Å². The van der Waals surface area contributed by atoms with Gasteiger partial charge in [0.2, 0.25) is 18.1 Å². The van der Waals surface area contributed by atoms with Crippen molar-refractivity contribution in [3.63, 3.8) is 0 Å². The first-order valence-electron chi connectivity index (χ1n) is 12.2. The Bertz CT molecular complexity index is 1430. The number of rotatable bonds is 10. The van der Waals surface area contributed by atoms with Crippen LogP contribution in [0.4, 0.5) is 5.13 Å². The van der Waals surface area contributed by atoms with Crippen LogP contribution in [0.3, 0.4) is 0 Å². The fraction of sp³-hybridized carbons (Fsp3) is 0.417. The number of amides is 2. The Morgan fingerprint density at radius 1 is 1.34 bits per heavy atom. The molecule has 0 aliphatic carbocycles. The molecular weight excluding hydrogens is 578 g/mol. The van der Waals surface area contributed by atoms with Crippen LogP contribution in [0.1, 0.15) is 32.2 Å². The van der Waals surface area contributed by atoms with E-state index < -0.39 is 53.1 Å². The molecule has 5 N–H and O–H groups in total. The number of carboxylic acids is 1. The van der Waals surface area contributed by atoms with Crippen molar-refractivity contribution in [1.82, 2.24) is 19.6 Å². The SMILES string of the molecule is CC(C)(C)OC(=O)CON=C(C(=O)NC1C(=O)N2C(C(=O)O)=C(C[n+]3cccc(CO)c3)CS[C@H]12)c1nsc(N)n1. The third-order valence-corrected chi connectivity index (χ3v) is 7.52. The number of fused-ring (bicyclic) bond motifs is 1. The summed E-state index contributed by atoms with van der Waals surface area (Å²) in [6, 6.07) is 2.39. The molecule has 2 aromatic rings. The van der Waals surface area contributed by atoms with Crippen molar-refractivity contribution < 1.29 is 43.5 Å². The van der Waals surface area contributed by atoms with Crippen LogP contribution in [0.25, 0.3) is 0 Å². The number of nitrogens with zero attached hydrogens (tertiary/aromatic N) is 5. The van der Waals surface area contributed by atoms with Crippen LogP contribution in [0, 0.1) is 0 Å². The maximum absolute atomic E-state index is 13.2. The van der Waals surface area contributed by atoms with E-state index in [0.717, 1.165) is 16.4 Å². The molecule has 2 amide bonds. The van der Waals surface area contributed by atoms with Crippen LogP contribution in [-0.4, -0.2) is 83.3 Å². The van der Waals surface area contributed by atoms with Crippen LogP contribution in [0.2, 0.25) is 0 Å². The number of aliphatic carboxylic acids is 1. The van der Waals surface area contributed by atoms with Crippen molar-refractivity contribution in [2.45, 2.75) is 50.9 Å². The summed E-state index contributed by atoms with van der Waals surface area (Å²) >= 11 is 2.09. The summed E-state index contributed by atoms with van der Waals surface area (Å²) in [7, 11) is 0. The zero-order valence-electron chi connectivity index (χ0n) is 22.3. The molecular formula is C24H28N7O8S2+. The minimum absolute atomic E-state index is 0.0486. The average molecular weight is 607 g/mol. The van der Waals surface area contributed by atoms with Gasteiger partial charge in [-0.15, -0.1) is 11.8 Å². The van der Waals surface area contributed by atoms with Crippen LogP contribution in [-0.2, 0) is 41.9 Å². The van der Waals surface area contributed by atoms with Gasteiger partial charge in [-0.3, -0.25) is 14.5 Å². The predicted molar refractivity (Wildman–Crippen MR) is 145 cm³/mol. The molecule has 4 heterocycles. The lowest BCUT2D eigenvalue weighted by molar-refractivity contribution is -0.689. The van der Waals surface area contributed by atoms with E-state index in [4.69, 9.17) is 15.3 Å². The minimum Gasteiger partial charge on any atom is -0.477 e. The Hall–Kier alpha value is -4.09. The zero-order chi connectivity index (χ0) is 29.9. The van der Waals surface area contributed by atoms with Gasteiger partial charge in [0.25, 0.3) is 11.8 Å². The quantitative estimate of drug-likeness (QED) is 0.0878. The Kier molecular flexibility index (Phi) is 8.89. The van der Waals surface area contributed by atoms with Crippen molar-refractivity contribution >= 4 is 57.9 Å². The van der Waals surface area contributed by atoms with E-state index in [2.05, 4.69) is 19.8 Å². The number of nitrogen functional groups attached to an aromatic ring is 1. The number of hydrogen-bond acceptors (Lipinski definition) is 13. The van der Waals surface area contributed by atoms with E-state index >= 15 is 0 Å². The number of hydrogen-bond donors (Lipinski definition) is 4. The molecule has 1 saturated heterocycles. The van der Waals surface area contributed by atoms with Crippen LogP contribution < -0.4 is 15.6 Å². The molecule has 2 aliphatic rings. The number of pyridine rings is 1. The number of carboxylic acid groups (broad SMARTS) is 1. The summed E-state index contributed by atoms with van der Waals surface area (Å²) in [5.74, 6) is -3.40. The zero-order valence-corrected chi connectivity index (χ0v) is 23.9. The minimum atomic E-state index is -1.28. The summed E-state index contributed by atoms with van der Waals surface area (Å²) in [4.78, 5) is 60.6. The van der Waals surface area contributed by atoms with E-state index in [-0.39, 0.29) is 35.6 Å². The third-order valence-electron chi connectivity index (χ3n) is 5.64. The topological polar surface area (TPSA) is 211 Å². The number of carbonyl (C=O) groups is 4. The number of esters is 1. The lowest BCUT2D eigenvalue weighted by atomic mass is 10.0. The first-order valence-corrected chi connectivity index (χ1v) is 14.0. The average Bonchev–Trinajstić information content (AvgIpc) is 3.33. The maximum atomic E-state index is 13.2. The molecule has 0 aromatic carbocycles. The number of carbonyl (C=O) groups excluding carboxylic acids is 3. The number of β-lactam (4-membered cyclic amide) rings is 1. The molecule has 0 bridgehead atoms. The molecule has 2 aromatic heterocycles. The molecule has 41 heavy (non-hydrogen) atoms. The Morgan fingerprint density at radius 3 is 2.73 bits per heavy atom. The van der Waals surface area contributed by atoms with Gasteiger partial charge in [-0.25, -0.2) is 14.2 Å². The van der Waals surface area contributed by atoms with Gasteiger partial charge in [-0.2, -0.15) is 9.36 Å². The van der Waals surface area contributed by atoms with Crippen LogP contribution >= 0.6 is 23.3 Å². The number of aromatic nitrogens is 3. The number of thioether (sulfide) groups is 1. The van der Waals surface area contributed by atoms with Gasteiger partial charge >= 0.3 is 11.9 Å². The van der Waals surface area contributed by atoms with E-state index in [9.17, 15) is 29.4 Å². The largest absolute Gasteiger partial charge is 0.477 e. The lowest BCUT2D eigenvalue weighted by Gasteiger charge is -2.49. The van der Waals surface area contributed by atoms with Crippen molar-refractivity contribution in [1.29, 1.82) is 0 Å². The molecule has 15 nitrogen and oxygen atoms in total. The summed E-state index contributed by atoms with van der Waals surface area (Å²) in [6.45, 7) is 4.46. The summed E-state index contributed by atoms with van der Waals surface area (Å²) in [5.41, 5.74) is 5.45. The molecule has 1 fully saturated rings. The highest BCUT2D eigenvalue weighted by atomic mass is 32.2. The number of oxime groups is 1.